The zero-order valence-electron chi connectivity index (χ0n) is 11.9. The van der Waals surface area contributed by atoms with Gasteiger partial charge in [-0.15, -0.1) is 0 Å². The fraction of sp³-hybridized carbons (Fsp3) is 0.692. The normalized spacial score (nSPS) is 25.9. The van der Waals surface area contributed by atoms with Gasteiger partial charge in [-0.2, -0.15) is 9.64 Å². The third kappa shape index (κ3) is 2.91. The van der Waals surface area contributed by atoms with Crippen LogP contribution in [0.5, 0.6) is 0 Å². The molecule has 0 radical (unpaired) electrons. The summed E-state index contributed by atoms with van der Waals surface area (Å²) in [7, 11) is -2.82. The van der Waals surface area contributed by atoms with E-state index in [4.69, 9.17) is 0 Å². The number of hydrogen-bond acceptors (Lipinski definition) is 7. The number of aryl methyl sites for hydroxylation is 1. The van der Waals surface area contributed by atoms with Gasteiger partial charge in [-0.25, -0.2) is 8.42 Å². The predicted octanol–water partition coefficient (Wildman–Crippen LogP) is 0.632. The lowest BCUT2D eigenvalue weighted by molar-refractivity contribution is 0.201. The summed E-state index contributed by atoms with van der Waals surface area (Å²) in [6.07, 6.45) is 0.755. The second-order valence-corrected chi connectivity index (χ2v) is 8.62. The quantitative estimate of drug-likeness (QED) is 0.793. The van der Waals surface area contributed by atoms with Crippen LogP contribution in [-0.2, 0) is 9.84 Å². The van der Waals surface area contributed by atoms with Crippen LogP contribution in [0.4, 0.5) is 5.00 Å². The fourth-order valence-corrected chi connectivity index (χ4v) is 5.71. The summed E-state index contributed by atoms with van der Waals surface area (Å²) in [5.74, 6) is 0.626. The maximum absolute atomic E-state index is 11.6. The summed E-state index contributed by atoms with van der Waals surface area (Å²) in [5.41, 5.74) is 1.47. The molecule has 0 unspecified atom stereocenters. The van der Waals surface area contributed by atoms with Gasteiger partial charge in [0, 0.05) is 32.2 Å². The van der Waals surface area contributed by atoms with Crippen molar-refractivity contribution in [2.75, 3.05) is 42.6 Å². The van der Waals surface area contributed by atoms with E-state index in [1.54, 1.807) is 0 Å². The molecule has 114 valence electrons. The Kier molecular flexibility index (Phi) is 3.90. The van der Waals surface area contributed by atoms with Crippen LogP contribution in [0.25, 0.3) is 0 Å². The monoisotopic (exact) mass is 326 g/mol. The highest BCUT2D eigenvalue weighted by molar-refractivity contribution is 7.91. The Labute approximate surface area is 129 Å². The molecule has 1 atom stereocenters. The van der Waals surface area contributed by atoms with Gasteiger partial charge in [0.2, 0.25) is 0 Å². The van der Waals surface area contributed by atoms with Crippen LogP contribution >= 0.6 is 11.5 Å². The molecular weight excluding hydrogens is 308 g/mol. The molecule has 2 aliphatic heterocycles. The Balaban J connectivity index is 1.64. The van der Waals surface area contributed by atoms with Gasteiger partial charge in [-0.1, -0.05) is 0 Å². The van der Waals surface area contributed by atoms with E-state index in [2.05, 4.69) is 20.2 Å². The first-order valence-electron chi connectivity index (χ1n) is 7.06. The van der Waals surface area contributed by atoms with Crippen molar-refractivity contribution in [2.24, 2.45) is 0 Å². The minimum Gasteiger partial charge on any atom is -0.359 e. The molecule has 2 aliphatic rings. The van der Waals surface area contributed by atoms with E-state index in [-0.39, 0.29) is 6.04 Å². The van der Waals surface area contributed by atoms with E-state index >= 15 is 0 Å². The second kappa shape index (κ2) is 5.55. The standard InChI is InChI=1S/C13H18N4O2S2/c1-10-12(8-14)13(20-15-10)17-5-3-16(4-6-17)11-2-7-21(18,19)9-11/h11H,2-7,9H2,1H3/t11-/m0/s1. The fourth-order valence-electron chi connectivity index (χ4n) is 3.06. The van der Waals surface area contributed by atoms with Gasteiger partial charge in [0.25, 0.3) is 0 Å². The first kappa shape index (κ1) is 14.8. The SMILES string of the molecule is Cc1nsc(N2CCN([C@H]3CCS(=O)(=O)C3)CC2)c1C#N. The highest BCUT2D eigenvalue weighted by Gasteiger charge is 2.34. The third-order valence-corrected chi connectivity index (χ3v) is 7.03. The second-order valence-electron chi connectivity index (χ2n) is 5.64. The van der Waals surface area contributed by atoms with Crippen LogP contribution in [0.2, 0.25) is 0 Å². The van der Waals surface area contributed by atoms with E-state index in [1.165, 1.54) is 11.5 Å². The molecule has 6 nitrogen and oxygen atoms in total. The zero-order chi connectivity index (χ0) is 15.0. The molecule has 1 aromatic heterocycles. The number of sulfone groups is 1. The lowest BCUT2D eigenvalue weighted by atomic mass is 10.2. The summed E-state index contributed by atoms with van der Waals surface area (Å²) in [4.78, 5) is 4.48. The molecule has 2 saturated heterocycles. The molecule has 0 saturated carbocycles. The molecular formula is C13H18N4O2S2. The molecule has 3 heterocycles. The number of aromatic nitrogens is 1. The molecule has 2 fully saturated rings. The van der Waals surface area contributed by atoms with Crippen LogP contribution in [0, 0.1) is 18.3 Å². The minimum absolute atomic E-state index is 0.177. The van der Waals surface area contributed by atoms with Crippen molar-refractivity contribution in [3.63, 3.8) is 0 Å². The summed E-state index contributed by atoms with van der Waals surface area (Å²) >= 11 is 1.38. The van der Waals surface area contributed by atoms with Crippen LogP contribution in [-0.4, -0.2) is 61.4 Å². The van der Waals surface area contributed by atoms with E-state index in [0.717, 1.165) is 43.3 Å². The largest absolute Gasteiger partial charge is 0.359 e. The number of anilines is 1. The van der Waals surface area contributed by atoms with Gasteiger partial charge in [0.05, 0.1) is 17.2 Å². The van der Waals surface area contributed by atoms with Crippen molar-refractivity contribution in [1.82, 2.24) is 9.27 Å². The van der Waals surface area contributed by atoms with E-state index in [9.17, 15) is 13.7 Å². The van der Waals surface area contributed by atoms with Gasteiger partial charge < -0.3 is 4.90 Å². The van der Waals surface area contributed by atoms with Crippen molar-refractivity contribution in [3.8, 4) is 6.07 Å². The van der Waals surface area contributed by atoms with Crippen molar-refractivity contribution < 1.29 is 8.42 Å². The summed E-state index contributed by atoms with van der Waals surface area (Å²) in [5, 5.41) is 10.2. The maximum Gasteiger partial charge on any atom is 0.151 e. The number of piperazine rings is 1. The Morgan fingerprint density at radius 2 is 2.05 bits per heavy atom. The van der Waals surface area contributed by atoms with E-state index < -0.39 is 9.84 Å². The summed E-state index contributed by atoms with van der Waals surface area (Å²) in [6, 6.07) is 2.41. The molecule has 8 heteroatoms. The number of nitriles is 1. The molecule has 0 bridgehead atoms. The first-order valence-corrected chi connectivity index (χ1v) is 9.65. The smallest absolute Gasteiger partial charge is 0.151 e. The van der Waals surface area contributed by atoms with Crippen LogP contribution < -0.4 is 4.90 Å². The van der Waals surface area contributed by atoms with Crippen molar-refractivity contribution in [3.05, 3.63) is 11.3 Å². The van der Waals surface area contributed by atoms with Crippen LogP contribution in [0.1, 0.15) is 17.7 Å². The van der Waals surface area contributed by atoms with E-state index in [1.807, 2.05) is 6.92 Å². The lowest BCUT2D eigenvalue weighted by Gasteiger charge is -2.38. The molecule has 0 amide bonds. The summed E-state index contributed by atoms with van der Waals surface area (Å²) < 4.78 is 27.4. The maximum atomic E-state index is 11.6. The molecule has 21 heavy (non-hydrogen) atoms. The number of rotatable bonds is 2. The van der Waals surface area contributed by atoms with E-state index in [0.29, 0.717) is 17.1 Å². The Morgan fingerprint density at radius 3 is 2.62 bits per heavy atom. The average Bonchev–Trinajstić information content (AvgIpc) is 3.01. The predicted molar refractivity (Wildman–Crippen MR) is 82.4 cm³/mol. The average molecular weight is 326 g/mol. The highest BCUT2D eigenvalue weighted by atomic mass is 32.2. The van der Waals surface area contributed by atoms with Crippen molar-refractivity contribution >= 4 is 26.4 Å². The Hall–Kier alpha value is -1.17. The Morgan fingerprint density at radius 1 is 1.33 bits per heavy atom. The van der Waals surface area contributed by atoms with Gasteiger partial charge in [-0.05, 0) is 24.9 Å². The summed E-state index contributed by atoms with van der Waals surface area (Å²) in [6.45, 7) is 5.21. The first-order chi connectivity index (χ1) is 10.00. The van der Waals surface area contributed by atoms with Gasteiger partial charge in [0.1, 0.15) is 16.6 Å². The minimum atomic E-state index is -2.82. The Bertz CT molecular complexity index is 669. The van der Waals surface area contributed by atoms with Gasteiger partial charge in [-0.3, -0.25) is 4.90 Å². The van der Waals surface area contributed by atoms with Crippen LogP contribution in [0.3, 0.4) is 0 Å². The van der Waals surface area contributed by atoms with Crippen LogP contribution in [0.15, 0.2) is 0 Å². The molecule has 0 spiro atoms. The van der Waals surface area contributed by atoms with Crippen molar-refractivity contribution in [2.45, 2.75) is 19.4 Å². The zero-order valence-corrected chi connectivity index (χ0v) is 13.6. The molecule has 0 N–H and O–H groups in total. The van der Waals surface area contributed by atoms with Crippen molar-refractivity contribution in [1.29, 1.82) is 5.26 Å². The number of hydrogen-bond donors (Lipinski definition) is 0. The lowest BCUT2D eigenvalue weighted by Crippen LogP contribution is -2.50. The molecule has 1 aromatic rings. The van der Waals surface area contributed by atoms with Gasteiger partial charge >= 0.3 is 0 Å². The number of nitrogens with zero attached hydrogens (tertiary/aromatic N) is 4. The van der Waals surface area contributed by atoms with Gasteiger partial charge in [0.15, 0.2) is 9.84 Å². The topological polar surface area (TPSA) is 77.3 Å². The third-order valence-electron chi connectivity index (χ3n) is 4.28. The highest BCUT2D eigenvalue weighted by Crippen LogP contribution is 2.29. The molecule has 3 rings (SSSR count). The molecule has 0 aliphatic carbocycles. The molecule has 0 aromatic carbocycles.